The van der Waals surface area contributed by atoms with E-state index in [4.69, 9.17) is 4.42 Å². The minimum absolute atomic E-state index is 0.00853. The van der Waals surface area contributed by atoms with Crippen molar-refractivity contribution < 1.29 is 14.0 Å². The molecule has 2 amide bonds. The fourth-order valence-electron chi connectivity index (χ4n) is 2.23. The molecule has 2 aromatic rings. The lowest BCUT2D eigenvalue weighted by Gasteiger charge is -2.05. The first-order chi connectivity index (χ1) is 10.6. The molecule has 0 aliphatic carbocycles. The summed E-state index contributed by atoms with van der Waals surface area (Å²) in [7, 11) is 0. The molecule has 0 saturated carbocycles. The topological polar surface area (TPSA) is 71.3 Å². The molecule has 0 saturated heterocycles. The highest BCUT2D eigenvalue weighted by atomic mass is 16.3. The first kappa shape index (κ1) is 16.1. The summed E-state index contributed by atoms with van der Waals surface area (Å²) in [6.07, 6.45) is 3.64. The first-order valence-corrected chi connectivity index (χ1v) is 7.66. The summed E-state index contributed by atoms with van der Waals surface area (Å²) in [5.41, 5.74) is 2.83. The average Bonchev–Trinajstić information content (AvgIpc) is 2.92. The van der Waals surface area contributed by atoms with Gasteiger partial charge in [0.05, 0.1) is 19.2 Å². The minimum atomic E-state index is -0.186. The number of hydrogen-bond acceptors (Lipinski definition) is 3. The molecular weight excluding hydrogens is 280 g/mol. The summed E-state index contributed by atoms with van der Waals surface area (Å²) < 4.78 is 5.51. The summed E-state index contributed by atoms with van der Waals surface area (Å²) in [6.45, 7) is 4.70. The fraction of sp³-hybridized carbons (Fsp3) is 0.412. The van der Waals surface area contributed by atoms with Crippen molar-refractivity contribution in [1.82, 2.24) is 10.6 Å². The van der Waals surface area contributed by atoms with Gasteiger partial charge in [-0.1, -0.05) is 26.0 Å². The predicted molar refractivity (Wildman–Crippen MR) is 85.6 cm³/mol. The van der Waals surface area contributed by atoms with Gasteiger partial charge in [0.2, 0.25) is 11.8 Å². The Labute approximate surface area is 130 Å². The van der Waals surface area contributed by atoms with Crippen LogP contribution in [0.25, 0.3) is 11.0 Å². The van der Waals surface area contributed by atoms with Crippen molar-refractivity contribution in [2.24, 2.45) is 0 Å². The summed E-state index contributed by atoms with van der Waals surface area (Å²) in [5, 5.41) is 6.29. The van der Waals surface area contributed by atoms with Crippen LogP contribution < -0.4 is 10.6 Å². The largest absolute Gasteiger partial charge is 0.464 e. The van der Waals surface area contributed by atoms with Gasteiger partial charge >= 0.3 is 0 Å². The quantitative estimate of drug-likeness (QED) is 0.823. The van der Waals surface area contributed by atoms with Crippen molar-refractivity contribution in [3.05, 3.63) is 35.6 Å². The van der Waals surface area contributed by atoms with Crippen LogP contribution in [0.1, 0.15) is 31.4 Å². The Morgan fingerprint density at radius 3 is 2.68 bits per heavy atom. The van der Waals surface area contributed by atoms with Gasteiger partial charge in [0, 0.05) is 17.5 Å². The summed E-state index contributed by atoms with van der Waals surface area (Å²) >= 11 is 0. The predicted octanol–water partition coefficient (Wildman–Crippen LogP) is 2.18. The molecule has 0 aliphatic heterocycles. The van der Waals surface area contributed by atoms with Gasteiger partial charge < -0.3 is 15.1 Å². The third kappa shape index (κ3) is 4.10. The van der Waals surface area contributed by atoms with Crippen molar-refractivity contribution in [2.45, 2.75) is 33.1 Å². The number of hydrogen-bond donors (Lipinski definition) is 2. The molecule has 0 radical (unpaired) electrons. The molecule has 0 atom stereocenters. The number of carbonyl (C=O) groups excluding carboxylic acids is 2. The molecule has 0 aliphatic rings. The van der Waals surface area contributed by atoms with Crippen LogP contribution in [0.3, 0.4) is 0 Å². The maximum Gasteiger partial charge on any atom is 0.239 e. The maximum absolute atomic E-state index is 11.9. The second-order valence-electron chi connectivity index (χ2n) is 5.25. The molecule has 2 rings (SSSR count). The number of nitrogens with one attached hydrogen (secondary N) is 2. The van der Waals surface area contributed by atoms with Crippen molar-refractivity contribution in [3.63, 3.8) is 0 Å². The number of amides is 2. The van der Waals surface area contributed by atoms with E-state index >= 15 is 0 Å². The van der Waals surface area contributed by atoms with E-state index in [-0.39, 0.29) is 24.8 Å². The van der Waals surface area contributed by atoms with Crippen LogP contribution in [-0.4, -0.2) is 24.9 Å². The van der Waals surface area contributed by atoms with E-state index in [0.29, 0.717) is 6.54 Å². The second-order valence-corrected chi connectivity index (χ2v) is 5.25. The van der Waals surface area contributed by atoms with Crippen molar-refractivity contribution in [2.75, 3.05) is 13.1 Å². The zero-order valence-corrected chi connectivity index (χ0v) is 13.1. The molecule has 0 unspecified atom stereocenters. The molecule has 0 spiro atoms. The van der Waals surface area contributed by atoms with Gasteiger partial charge in [-0.3, -0.25) is 9.59 Å². The van der Waals surface area contributed by atoms with Gasteiger partial charge in [0.25, 0.3) is 0 Å². The van der Waals surface area contributed by atoms with E-state index in [1.54, 1.807) is 6.26 Å². The zero-order valence-electron chi connectivity index (χ0n) is 13.1. The SMILES string of the molecule is CCCNC(=O)CNC(=O)Cc1coc2cc(CC)ccc12. The smallest absolute Gasteiger partial charge is 0.239 e. The number of rotatable bonds is 7. The van der Waals surface area contributed by atoms with E-state index in [9.17, 15) is 9.59 Å². The van der Waals surface area contributed by atoms with Crippen molar-refractivity contribution in [1.29, 1.82) is 0 Å². The average molecular weight is 302 g/mol. The Morgan fingerprint density at radius 1 is 1.14 bits per heavy atom. The Hall–Kier alpha value is -2.30. The summed E-state index contributed by atoms with van der Waals surface area (Å²) in [5.74, 6) is -0.353. The van der Waals surface area contributed by atoms with Gasteiger partial charge in [-0.2, -0.15) is 0 Å². The molecule has 1 heterocycles. The molecule has 5 nitrogen and oxygen atoms in total. The van der Waals surface area contributed by atoms with Crippen LogP contribution >= 0.6 is 0 Å². The lowest BCUT2D eigenvalue weighted by molar-refractivity contribution is -0.125. The number of carbonyl (C=O) groups is 2. The molecule has 0 fully saturated rings. The Bertz CT molecular complexity index is 661. The molecule has 22 heavy (non-hydrogen) atoms. The summed E-state index contributed by atoms with van der Waals surface area (Å²) in [4.78, 5) is 23.4. The monoisotopic (exact) mass is 302 g/mol. The van der Waals surface area contributed by atoms with Gasteiger partial charge in [-0.15, -0.1) is 0 Å². The van der Waals surface area contributed by atoms with Crippen LogP contribution in [0, 0.1) is 0 Å². The van der Waals surface area contributed by atoms with E-state index in [1.165, 1.54) is 5.56 Å². The van der Waals surface area contributed by atoms with Crippen molar-refractivity contribution >= 4 is 22.8 Å². The van der Waals surface area contributed by atoms with E-state index in [2.05, 4.69) is 17.6 Å². The van der Waals surface area contributed by atoms with Crippen LogP contribution in [0.5, 0.6) is 0 Å². The highest BCUT2D eigenvalue weighted by molar-refractivity contribution is 5.90. The zero-order chi connectivity index (χ0) is 15.9. The van der Waals surface area contributed by atoms with Crippen LogP contribution in [-0.2, 0) is 22.4 Å². The highest BCUT2D eigenvalue weighted by Gasteiger charge is 2.11. The van der Waals surface area contributed by atoms with Crippen LogP contribution in [0.2, 0.25) is 0 Å². The number of furan rings is 1. The van der Waals surface area contributed by atoms with Gasteiger partial charge in [-0.05, 0) is 24.5 Å². The first-order valence-electron chi connectivity index (χ1n) is 7.66. The number of aryl methyl sites for hydroxylation is 1. The Kier molecular flexibility index (Phi) is 5.58. The van der Waals surface area contributed by atoms with Gasteiger partial charge in [0.15, 0.2) is 0 Å². The van der Waals surface area contributed by atoms with E-state index in [1.807, 2.05) is 25.1 Å². The second kappa shape index (κ2) is 7.64. The van der Waals surface area contributed by atoms with Crippen LogP contribution in [0.4, 0.5) is 0 Å². The van der Waals surface area contributed by atoms with Crippen LogP contribution in [0.15, 0.2) is 28.9 Å². The lowest BCUT2D eigenvalue weighted by atomic mass is 10.1. The molecular formula is C17H22N2O3. The number of fused-ring (bicyclic) bond motifs is 1. The third-order valence-electron chi connectivity index (χ3n) is 3.50. The van der Waals surface area contributed by atoms with E-state index in [0.717, 1.165) is 29.4 Å². The number of benzene rings is 1. The third-order valence-corrected chi connectivity index (χ3v) is 3.50. The maximum atomic E-state index is 11.9. The molecule has 5 heteroatoms. The molecule has 118 valence electrons. The standard InChI is InChI=1S/C17H22N2O3/c1-3-7-18-17(21)10-19-16(20)9-13-11-22-15-8-12(4-2)5-6-14(13)15/h5-6,8,11H,3-4,7,9-10H2,1-2H3,(H,18,21)(H,19,20). The molecule has 2 N–H and O–H groups in total. The minimum Gasteiger partial charge on any atom is -0.464 e. The Balaban J connectivity index is 1.93. The van der Waals surface area contributed by atoms with Crippen molar-refractivity contribution in [3.8, 4) is 0 Å². The molecule has 1 aromatic heterocycles. The van der Waals surface area contributed by atoms with E-state index < -0.39 is 0 Å². The summed E-state index contributed by atoms with van der Waals surface area (Å²) in [6, 6.07) is 6.01. The molecule has 1 aromatic carbocycles. The highest BCUT2D eigenvalue weighted by Crippen LogP contribution is 2.23. The Morgan fingerprint density at radius 2 is 1.95 bits per heavy atom. The van der Waals surface area contributed by atoms with Gasteiger partial charge in [-0.25, -0.2) is 0 Å². The lowest BCUT2D eigenvalue weighted by Crippen LogP contribution is -2.37. The normalized spacial score (nSPS) is 10.6. The van der Waals surface area contributed by atoms with Gasteiger partial charge in [0.1, 0.15) is 5.58 Å². The molecule has 0 bridgehead atoms. The fourth-order valence-corrected chi connectivity index (χ4v) is 2.23.